The first-order valence-corrected chi connectivity index (χ1v) is 7.01. The number of esters is 1. The molecule has 0 aliphatic carbocycles. The predicted molar refractivity (Wildman–Crippen MR) is 88.9 cm³/mol. The molecule has 0 heterocycles. The Morgan fingerprint density at radius 1 is 1.12 bits per heavy atom. The van der Waals surface area contributed by atoms with Crippen LogP contribution in [0.1, 0.15) is 11.1 Å². The minimum atomic E-state index is -0.693. The number of nitrogens with two attached hydrogens (primary N) is 2. The molecule has 2 aromatic carbocycles. The van der Waals surface area contributed by atoms with E-state index in [2.05, 4.69) is 10.4 Å². The van der Waals surface area contributed by atoms with Gasteiger partial charge >= 0.3 is 5.97 Å². The van der Waals surface area contributed by atoms with Crippen molar-refractivity contribution in [2.45, 2.75) is 6.61 Å². The van der Waals surface area contributed by atoms with Gasteiger partial charge in [0.15, 0.2) is 0 Å². The van der Waals surface area contributed by atoms with E-state index in [1.54, 1.807) is 24.3 Å². The number of benzene rings is 2. The summed E-state index contributed by atoms with van der Waals surface area (Å²) < 4.78 is 5.17. The van der Waals surface area contributed by atoms with Crippen molar-refractivity contribution in [3.8, 4) is 0 Å². The molecule has 0 saturated carbocycles. The fraction of sp³-hybridized carbons (Fsp3) is 0.0588. The summed E-state index contributed by atoms with van der Waals surface area (Å²) in [5.41, 5.74) is 10.1. The second-order valence-electron chi connectivity index (χ2n) is 4.74. The summed E-state index contributed by atoms with van der Waals surface area (Å²) in [5.74, 6) is 4.77. The molecule has 2 rings (SSSR count). The van der Waals surface area contributed by atoms with E-state index >= 15 is 0 Å². The van der Waals surface area contributed by atoms with Crippen molar-refractivity contribution in [2.75, 3.05) is 0 Å². The molecule has 0 aliphatic rings. The van der Waals surface area contributed by atoms with Crippen molar-refractivity contribution in [3.63, 3.8) is 0 Å². The van der Waals surface area contributed by atoms with Crippen molar-refractivity contribution < 1.29 is 14.3 Å². The van der Waals surface area contributed by atoms with E-state index in [0.717, 1.165) is 5.56 Å². The zero-order valence-corrected chi connectivity index (χ0v) is 12.7. The lowest BCUT2D eigenvalue weighted by atomic mass is 10.1. The third kappa shape index (κ3) is 4.30. The van der Waals surface area contributed by atoms with Gasteiger partial charge in [0.25, 0.3) is 0 Å². The number of rotatable bonds is 6. The minimum absolute atomic E-state index is 0.102. The summed E-state index contributed by atoms with van der Waals surface area (Å²) in [5, 5.41) is 0. The number of hydrazine groups is 1. The molecule has 0 spiro atoms. The largest absolute Gasteiger partial charge is 0.456 e. The summed E-state index contributed by atoms with van der Waals surface area (Å²) in [4.78, 5) is 25.8. The van der Waals surface area contributed by atoms with E-state index < -0.39 is 5.97 Å². The number of nitrogens with one attached hydrogen (secondary N) is 1. The molecule has 7 nitrogen and oxygen atoms in total. The number of carbonyl (C=O) groups is 1. The van der Waals surface area contributed by atoms with Gasteiger partial charge in [-0.2, -0.15) is 4.99 Å². The van der Waals surface area contributed by atoms with Gasteiger partial charge in [-0.05, 0) is 17.7 Å². The smallest absolute Gasteiger partial charge is 0.356 e. The van der Waals surface area contributed by atoms with Crippen LogP contribution in [0.2, 0.25) is 0 Å². The highest BCUT2D eigenvalue weighted by Crippen LogP contribution is 2.18. The average molecular weight is 324 g/mol. The normalized spacial score (nSPS) is 11.0. The first-order chi connectivity index (χ1) is 11.7. The molecule has 0 radical (unpaired) electrons. The second kappa shape index (κ2) is 8.28. The number of nitrogens with zero attached hydrogens (tertiary/aromatic N) is 1. The Balaban J connectivity index is 2.15. The minimum Gasteiger partial charge on any atom is -0.456 e. The third-order valence-corrected chi connectivity index (χ3v) is 3.18. The Morgan fingerprint density at radius 3 is 2.38 bits per heavy atom. The van der Waals surface area contributed by atoms with Crippen LogP contribution in [-0.2, 0) is 20.9 Å². The van der Waals surface area contributed by atoms with Crippen molar-refractivity contribution in [1.82, 2.24) is 5.43 Å². The first-order valence-electron chi connectivity index (χ1n) is 7.01. The molecule has 0 bridgehead atoms. The fourth-order valence-corrected chi connectivity index (χ4v) is 1.97. The van der Waals surface area contributed by atoms with Gasteiger partial charge in [-0.1, -0.05) is 42.5 Å². The zero-order valence-electron chi connectivity index (χ0n) is 12.7. The lowest BCUT2D eigenvalue weighted by molar-refractivity contribution is -0.140. The van der Waals surface area contributed by atoms with Crippen LogP contribution in [0.25, 0.3) is 5.70 Å². The molecule has 5 N–H and O–H groups in total. The summed E-state index contributed by atoms with van der Waals surface area (Å²) >= 11 is 0. The molecule has 2 aromatic rings. The zero-order chi connectivity index (χ0) is 17.4. The Hall–Kier alpha value is -3.41. The number of hydrogen-bond donors (Lipinski definition) is 3. The van der Waals surface area contributed by atoms with Crippen molar-refractivity contribution in [2.24, 2.45) is 16.6 Å². The van der Waals surface area contributed by atoms with Crippen LogP contribution >= 0.6 is 0 Å². The molecule has 0 saturated heterocycles. The van der Waals surface area contributed by atoms with Crippen LogP contribution in [0, 0.1) is 0 Å². The van der Waals surface area contributed by atoms with Crippen molar-refractivity contribution in [3.05, 3.63) is 71.4 Å². The van der Waals surface area contributed by atoms with Gasteiger partial charge in [-0.3, -0.25) is 5.84 Å². The molecule has 0 atom stereocenters. The van der Waals surface area contributed by atoms with E-state index in [-0.39, 0.29) is 18.0 Å². The van der Waals surface area contributed by atoms with E-state index in [4.69, 9.17) is 16.3 Å². The van der Waals surface area contributed by atoms with Gasteiger partial charge in [0.1, 0.15) is 12.3 Å². The topological polar surface area (TPSA) is 120 Å². The van der Waals surface area contributed by atoms with Crippen molar-refractivity contribution in [1.29, 1.82) is 0 Å². The van der Waals surface area contributed by atoms with Gasteiger partial charge in [0.05, 0.1) is 11.4 Å². The molecular formula is C17H16N4O3. The predicted octanol–water partition coefficient (Wildman–Crippen LogP) is 1.49. The molecular weight excluding hydrogens is 308 g/mol. The Morgan fingerprint density at radius 2 is 1.79 bits per heavy atom. The maximum atomic E-state index is 12.1. The molecule has 0 fully saturated rings. The van der Waals surface area contributed by atoms with Gasteiger partial charge in [-0.25, -0.2) is 9.59 Å². The molecule has 0 aromatic heterocycles. The number of hydrogen-bond acceptors (Lipinski definition) is 7. The Bertz CT molecular complexity index is 779. The number of aliphatic imine (C=N–C) groups is 1. The summed E-state index contributed by atoms with van der Waals surface area (Å²) in [6.07, 6.45) is 1.44. The van der Waals surface area contributed by atoms with Gasteiger partial charge < -0.3 is 15.9 Å². The number of carbonyl (C=O) groups excluding carboxylic acids is 2. The Labute approximate surface area is 138 Å². The third-order valence-electron chi connectivity index (χ3n) is 3.18. The van der Waals surface area contributed by atoms with Crippen LogP contribution in [-0.4, -0.2) is 12.0 Å². The highest BCUT2D eigenvalue weighted by Gasteiger charge is 2.15. The molecule has 122 valence electrons. The van der Waals surface area contributed by atoms with Gasteiger partial charge in [0, 0.05) is 5.56 Å². The molecule has 0 unspecified atom stereocenters. The quantitative estimate of drug-likeness (QED) is 0.185. The van der Waals surface area contributed by atoms with E-state index in [0.29, 0.717) is 11.3 Å². The average Bonchev–Trinajstić information content (AvgIpc) is 2.62. The molecule has 7 heteroatoms. The fourth-order valence-electron chi connectivity index (χ4n) is 1.97. The second-order valence-corrected chi connectivity index (χ2v) is 4.74. The van der Waals surface area contributed by atoms with Crippen LogP contribution in [0.3, 0.4) is 0 Å². The summed E-state index contributed by atoms with van der Waals surface area (Å²) in [7, 11) is 0. The number of ether oxygens (including phenoxy) is 1. The van der Waals surface area contributed by atoms with Crippen LogP contribution < -0.4 is 17.0 Å². The van der Waals surface area contributed by atoms with Gasteiger partial charge in [-0.15, -0.1) is 0 Å². The first kappa shape index (κ1) is 17.0. The highest BCUT2D eigenvalue weighted by molar-refractivity contribution is 5.96. The molecule has 24 heavy (non-hydrogen) atoms. The highest BCUT2D eigenvalue weighted by atomic mass is 16.5. The maximum absolute atomic E-state index is 12.1. The molecule has 0 amide bonds. The Kier molecular flexibility index (Phi) is 5.85. The summed E-state index contributed by atoms with van der Waals surface area (Å²) in [6, 6.07) is 15.6. The van der Waals surface area contributed by atoms with E-state index in [9.17, 15) is 9.59 Å². The van der Waals surface area contributed by atoms with E-state index in [1.165, 1.54) is 6.08 Å². The standard InChI is InChI=1S/C17H16N4O3/c18-15(17(23)24-10-12-4-2-1-3-5-12)16(21-19)13-6-8-14(9-7-13)20-11-22/h1-9,21H,10,18-19H2/b16-15-. The SMILES string of the molecule is NN/C(=C(\N)C(=O)OCc1ccccc1)c1ccc(N=C=O)cc1. The van der Waals surface area contributed by atoms with Crippen LogP contribution in [0.15, 0.2) is 65.3 Å². The summed E-state index contributed by atoms with van der Waals surface area (Å²) in [6.45, 7) is 0.102. The van der Waals surface area contributed by atoms with E-state index in [1.807, 2.05) is 30.3 Å². The van der Waals surface area contributed by atoms with Crippen LogP contribution in [0.4, 0.5) is 5.69 Å². The monoisotopic (exact) mass is 324 g/mol. The molecule has 0 aliphatic heterocycles. The van der Waals surface area contributed by atoms with Gasteiger partial charge in [0.2, 0.25) is 6.08 Å². The van der Waals surface area contributed by atoms with Crippen LogP contribution in [0.5, 0.6) is 0 Å². The van der Waals surface area contributed by atoms with Crippen molar-refractivity contribution >= 4 is 23.4 Å². The lowest BCUT2D eigenvalue weighted by Crippen LogP contribution is -2.27. The number of isocyanates is 1. The lowest BCUT2D eigenvalue weighted by Gasteiger charge is -2.11. The maximum Gasteiger partial charge on any atom is 0.356 e.